The van der Waals surface area contributed by atoms with Crippen molar-refractivity contribution in [1.82, 2.24) is 0 Å². The van der Waals surface area contributed by atoms with Gasteiger partial charge in [-0.15, -0.1) is 11.3 Å². The van der Waals surface area contributed by atoms with Crippen molar-refractivity contribution in [3.05, 3.63) is 33.5 Å². The molecule has 0 fully saturated rings. The first-order valence-electron chi connectivity index (χ1n) is 3.71. The molecule has 0 bridgehead atoms. The minimum absolute atomic E-state index is 0.331. The Hall–Kier alpha value is -0.800. The van der Waals surface area contributed by atoms with E-state index in [1.165, 1.54) is 24.5 Å². The van der Waals surface area contributed by atoms with Crippen LogP contribution in [-0.4, -0.2) is 13.1 Å². The second kappa shape index (κ2) is 5.04. The summed E-state index contributed by atoms with van der Waals surface area (Å²) in [6.45, 7) is 0. The molecule has 0 aliphatic carbocycles. The molecule has 0 saturated carbocycles. The van der Waals surface area contributed by atoms with E-state index in [9.17, 15) is 4.79 Å². The lowest BCUT2D eigenvalue weighted by atomic mass is 10.3. The summed E-state index contributed by atoms with van der Waals surface area (Å²) < 4.78 is 5.21. The van der Waals surface area contributed by atoms with E-state index in [1.807, 2.05) is 12.1 Å². The van der Waals surface area contributed by atoms with Crippen molar-refractivity contribution in [2.24, 2.45) is 0 Å². The topological polar surface area (TPSA) is 26.3 Å². The lowest BCUT2D eigenvalue weighted by Gasteiger charge is -1.89. The molecule has 0 aromatic carbocycles. The van der Waals surface area contributed by atoms with Gasteiger partial charge in [0.2, 0.25) is 0 Å². The van der Waals surface area contributed by atoms with Crippen LogP contribution in [-0.2, 0) is 16.0 Å². The average Bonchev–Trinajstić information content (AvgIpc) is 2.51. The maximum absolute atomic E-state index is 10.7. The first kappa shape index (κ1) is 10.3. The number of carbonyl (C=O) groups is 1. The number of carbonyl (C=O) groups excluding carboxylic acids is 1. The van der Waals surface area contributed by atoms with Gasteiger partial charge in [0.1, 0.15) is 0 Å². The molecule has 0 spiro atoms. The van der Waals surface area contributed by atoms with E-state index in [4.69, 9.17) is 11.6 Å². The second-order valence-corrected chi connectivity index (χ2v) is 4.14. The summed E-state index contributed by atoms with van der Waals surface area (Å²) in [6.07, 6.45) is 3.88. The van der Waals surface area contributed by atoms with Crippen LogP contribution in [0.1, 0.15) is 4.88 Å². The fraction of sp³-hybridized carbons (Fsp3) is 0.222. The highest BCUT2D eigenvalue weighted by atomic mass is 35.5. The van der Waals surface area contributed by atoms with Crippen molar-refractivity contribution in [3.63, 3.8) is 0 Å². The molecule has 0 saturated heterocycles. The normalized spacial score (nSPS) is 10.6. The Morgan fingerprint density at radius 2 is 2.46 bits per heavy atom. The zero-order valence-electron chi connectivity index (χ0n) is 7.12. The molecule has 0 atom stereocenters. The van der Waals surface area contributed by atoms with E-state index in [1.54, 1.807) is 6.08 Å². The van der Waals surface area contributed by atoms with Gasteiger partial charge in [-0.2, -0.15) is 0 Å². The van der Waals surface area contributed by atoms with Crippen LogP contribution in [0.3, 0.4) is 0 Å². The number of hydrogen-bond acceptors (Lipinski definition) is 3. The van der Waals surface area contributed by atoms with Crippen molar-refractivity contribution in [3.8, 4) is 0 Å². The van der Waals surface area contributed by atoms with E-state index < -0.39 is 0 Å². The summed E-state index contributed by atoms with van der Waals surface area (Å²) >= 11 is 7.24. The van der Waals surface area contributed by atoms with Gasteiger partial charge in [-0.3, -0.25) is 0 Å². The van der Waals surface area contributed by atoms with Crippen molar-refractivity contribution in [2.75, 3.05) is 7.11 Å². The Morgan fingerprint density at radius 3 is 3.00 bits per heavy atom. The summed E-state index contributed by atoms with van der Waals surface area (Å²) in [7, 11) is 1.36. The van der Waals surface area contributed by atoms with E-state index in [2.05, 4.69) is 4.74 Å². The Morgan fingerprint density at radius 1 is 1.69 bits per heavy atom. The molecular weight excluding hydrogens is 208 g/mol. The van der Waals surface area contributed by atoms with E-state index in [0.29, 0.717) is 6.42 Å². The van der Waals surface area contributed by atoms with Gasteiger partial charge in [0.05, 0.1) is 11.4 Å². The number of hydrogen-bond donors (Lipinski definition) is 0. The van der Waals surface area contributed by atoms with E-state index in [-0.39, 0.29) is 5.97 Å². The number of rotatable bonds is 3. The summed E-state index contributed by atoms with van der Waals surface area (Å²) in [6, 6.07) is 3.78. The monoisotopic (exact) mass is 216 g/mol. The largest absolute Gasteiger partial charge is 0.466 e. The van der Waals surface area contributed by atoms with Gasteiger partial charge in [0.15, 0.2) is 0 Å². The molecule has 0 radical (unpaired) electrons. The van der Waals surface area contributed by atoms with Crippen LogP contribution in [0.2, 0.25) is 4.34 Å². The van der Waals surface area contributed by atoms with Crippen LogP contribution < -0.4 is 0 Å². The number of thiophene rings is 1. The Labute approximate surface area is 85.8 Å². The predicted molar refractivity (Wildman–Crippen MR) is 54.2 cm³/mol. The smallest absolute Gasteiger partial charge is 0.330 e. The number of methoxy groups -OCH3 is 1. The van der Waals surface area contributed by atoms with Crippen molar-refractivity contribution in [2.45, 2.75) is 6.42 Å². The standard InChI is InChI=1S/C9H9ClO2S/c1-12-9(11)4-2-3-7-5-6-8(10)13-7/h2,4-6H,3H2,1H3/b4-2-. The van der Waals surface area contributed by atoms with E-state index in [0.717, 1.165) is 9.21 Å². The van der Waals surface area contributed by atoms with Crippen molar-refractivity contribution < 1.29 is 9.53 Å². The van der Waals surface area contributed by atoms with Crippen LogP contribution in [0.15, 0.2) is 24.3 Å². The van der Waals surface area contributed by atoms with E-state index >= 15 is 0 Å². The number of esters is 1. The molecule has 1 heterocycles. The molecule has 1 rings (SSSR count). The van der Waals surface area contributed by atoms with Gasteiger partial charge >= 0.3 is 5.97 Å². The molecule has 0 aliphatic rings. The molecule has 13 heavy (non-hydrogen) atoms. The van der Waals surface area contributed by atoms with Crippen LogP contribution in [0.25, 0.3) is 0 Å². The Balaban J connectivity index is 2.43. The average molecular weight is 217 g/mol. The molecule has 70 valence electrons. The van der Waals surface area contributed by atoms with Gasteiger partial charge in [-0.05, 0) is 12.1 Å². The molecule has 0 aliphatic heterocycles. The molecule has 1 aromatic rings. The number of allylic oxidation sites excluding steroid dienone is 1. The van der Waals surface area contributed by atoms with Gasteiger partial charge in [-0.25, -0.2) is 4.79 Å². The number of halogens is 1. The minimum atomic E-state index is -0.331. The molecule has 0 unspecified atom stereocenters. The molecular formula is C9H9ClO2S. The lowest BCUT2D eigenvalue weighted by molar-refractivity contribution is -0.134. The predicted octanol–water partition coefficient (Wildman–Crippen LogP) is 2.67. The van der Waals surface area contributed by atoms with Crippen LogP contribution in [0.4, 0.5) is 0 Å². The summed E-state index contributed by atoms with van der Waals surface area (Å²) in [5.41, 5.74) is 0. The summed E-state index contributed by atoms with van der Waals surface area (Å²) in [5, 5.41) is 0. The maximum Gasteiger partial charge on any atom is 0.330 e. The molecule has 4 heteroatoms. The highest BCUT2D eigenvalue weighted by molar-refractivity contribution is 7.16. The minimum Gasteiger partial charge on any atom is -0.466 e. The molecule has 0 N–H and O–H groups in total. The Bertz CT molecular complexity index is 317. The Kier molecular flexibility index (Phi) is 3.99. The van der Waals surface area contributed by atoms with Gasteiger partial charge < -0.3 is 4.74 Å². The SMILES string of the molecule is COC(=O)/C=C\Cc1ccc(Cl)s1. The van der Waals surface area contributed by atoms with Crippen LogP contribution in [0.5, 0.6) is 0 Å². The third-order valence-corrected chi connectivity index (χ3v) is 2.66. The summed E-state index contributed by atoms with van der Waals surface area (Å²) in [4.78, 5) is 11.8. The highest BCUT2D eigenvalue weighted by Gasteiger charge is 1.95. The summed E-state index contributed by atoms with van der Waals surface area (Å²) in [5.74, 6) is -0.331. The fourth-order valence-corrected chi connectivity index (χ4v) is 1.86. The van der Waals surface area contributed by atoms with Crippen LogP contribution >= 0.6 is 22.9 Å². The lowest BCUT2D eigenvalue weighted by Crippen LogP contribution is -1.93. The first-order chi connectivity index (χ1) is 6.22. The zero-order valence-corrected chi connectivity index (χ0v) is 8.69. The number of ether oxygens (including phenoxy) is 1. The fourth-order valence-electron chi connectivity index (χ4n) is 0.801. The molecule has 0 amide bonds. The third-order valence-electron chi connectivity index (χ3n) is 1.40. The highest BCUT2D eigenvalue weighted by Crippen LogP contribution is 2.21. The quantitative estimate of drug-likeness (QED) is 0.574. The molecule has 2 nitrogen and oxygen atoms in total. The van der Waals surface area contributed by atoms with Crippen LogP contribution in [0, 0.1) is 0 Å². The van der Waals surface area contributed by atoms with Crippen molar-refractivity contribution in [1.29, 1.82) is 0 Å². The first-order valence-corrected chi connectivity index (χ1v) is 4.90. The molecule has 1 aromatic heterocycles. The van der Waals surface area contributed by atoms with Crippen molar-refractivity contribution >= 4 is 28.9 Å². The second-order valence-electron chi connectivity index (χ2n) is 2.34. The zero-order chi connectivity index (χ0) is 9.68. The maximum atomic E-state index is 10.7. The van der Waals surface area contributed by atoms with Gasteiger partial charge in [-0.1, -0.05) is 17.7 Å². The van der Waals surface area contributed by atoms with Gasteiger partial charge in [0, 0.05) is 17.4 Å². The van der Waals surface area contributed by atoms with Gasteiger partial charge in [0.25, 0.3) is 0 Å². The third kappa shape index (κ3) is 3.61.